The van der Waals surface area contributed by atoms with E-state index >= 15 is 0 Å². The van der Waals surface area contributed by atoms with Crippen LogP contribution in [0.4, 0.5) is 0 Å². The fourth-order valence-electron chi connectivity index (χ4n) is 1.78. The van der Waals surface area contributed by atoms with Crippen molar-refractivity contribution in [2.24, 2.45) is 0 Å². The molecular weight excluding hydrogens is 212 g/mol. The van der Waals surface area contributed by atoms with Gasteiger partial charge in [-0.2, -0.15) is 5.26 Å². The minimum absolute atomic E-state index is 0.384. The number of benzene rings is 1. The first-order valence-corrected chi connectivity index (χ1v) is 5.18. The summed E-state index contributed by atoms with van der Waals surface area (Å²) < 4.78 is 1.81. The van der Waals surface area contributed by atoms with E-state index in [0.29, 0.717) is 5.69 Å². The summed E-state index contributed by atoms with van der Waals surface area (Å²) in [5.74, 6) is 0. The van der Waals surface area contributed by atoms with Crippen LogP contribution in [0, 0.1) is 11.3 Å². The summed E-state index contributed by atoms with van der Waals surface area (Å²) >= 11 is 0. The van der Waals surface area contributed by atoms with Gasteiger partial charge >= 0.3 is 0 Å². The van der Waals surface area contributed by atoms with Crippen molar-refractivity contribution in [1.29, 1.82) is 5.26 Å². The van der Waals surface area contributed by atoms with E-state index in [2.05, 4.69) is 16.0 Å². The lowest BCUT2D eigenvalue weighted by atomic mass is 10.1. The third-order valence-electron chi connectivity index (χ3n) is 2.54. The molecule has 2 aromatic heterocycles. The second-order valence-electron chi connectivity index (χ2n) is 3.61. The van der Waals surface area contributed by atoms with Gasteiger partial charge in [0.2, 0.25) is 0 Å². The van der Waals surface area contributed by atoms with Crippen LogP contribution in [0.2, 0.25) is 0 Å². The maximum atomic E-state index is 8.96. The molecule has 3 rings (SSSR count). The van der Waals surface area contributed by atoms with Gasteiger partial charge in [-0.15, -0.1) is 0 Å². The summed E-state index contributed by atoms with van der Waals surface area (Å²) in [4.78, 5) is 8.58. The molecule has 80 valence electrons. The summed E-state index contributed by atoms with van der Waals surface area (Å²) in [5.41, 5.74) is 2.83. The lowest BCUT2D eigenvalue weighted by molar-refractivity contribution is 1.11. The molecule has 4 nitrogen and oxygen atoms in total. The highest BCUT2D eigenvalue weighted by Crippen LogP contribution is 2.21. The Kier molecular flexibility index (Phi) is 2.09. The third kappa shape index (κ3) is 1.54. The van der Waals surface area contributed by atoms with Gasteiger partial charge in [-0.1, -0.05) is 30.3 Å². The van der Waals surface area contributed by atoms with Crippen LogP contribution in [-0.4, -0.2) is 14.4 Å². The number of imidazole rings is 1. The van der Waals surface area contributed by atoms with E-state index in [-0.39, 0.29) is 0 Å². The highest BCUT2D eigenvalue weighted by atomic mass is 15.0. The number of nitrogens with zero attached hydrogens (tertiary/aromatic N) is 4. The molecule has 17 heavy (non-hydrogen) atoms. The Morgan fingerprint density at radius 3 is 2.76 bits per heavy atom. The van der Waals surface area contributed by atoms with Crippen molar-refractivity contribution in [1.82, 2.24) is 14.4 Å². The predicted octanol–water partition coefficient (Wildman–Crippen LogP) is 2.27. The molecule has 0 unspecified atom stereocenters. The molecular formula is C13H8N4. The standard InChI is InChI=1S/C13H8N4/c14-8-11-9-17-7-6-15-13(17)12(16-11)10-4-2-1-3-5-10/h1-7,9H. The van der Waals surface area contributed by atoms with Gasteiger partial charge in [0.25, 0.3) is 0 Å². The van der Waals surface area contributed by atoms with Crippen LogP contribution in [0.25, 0.3) is 16.9 Å². The van der Waals surface area contributed by atoms with Crippen molar-refractivity contribution < 1.29 is 0 Å². The Morgan fingerprint density at radius 1 is 1.18 bits per heavy atom. The molecule has 0 fully saturated rings. The molecule has 0 atom stereocenters. The largest absolute Gasteiger partial charge is 0.302 e. The quantitative estimate of drug-likeness (QED) is 0.632. The Labute approximate surface area is 97.8 Å². The van der Waals surface area contributed by atoms with E-state index in [4.69, 9.17) is 5.26 Å². The lowest BCUT2D eigenvalue weighted by Crippen LogP contribution is -1.95. The topological polar surface area (TPSA) is 54.0 Å². The molecule has 0 N–H and O–H groups in total. The van der Waals surface area contributed by atoms with Gasteiger partial charge in [-0.25, -0.2) is 9.97 Å². The maximum absolute atomic E-state index is 8.96. The van der Waals surface area contributed by atoms with Crippen LogP contribution in [0.5, 0.6) is 0 Å². The van der Waals surface area contributed by atoms with E-state index in [0.717, 1.165) is 16.9 Å². The molecule has 0 bridgehead atoms. The highest BCUT2D eigenvalue weighted by molar-refractivity contribution is 5.73. The van der Waals surface area contributed by atoms with Gasteiger partial charge in [-0.05, 0) is 0 Å². The van der Waals surface area contributed by atoms with Gasteiger partial charge in [0, 0.05) is 24.2 Å². The molecule has 0 aliphatic carbocycles. The summed E-state index contributed by atoms with van der Waals surface area (Å²) in [6.45, 7) is 0. The van der Waals surface area contributed by atoms with Gasteiger partial charge < -0.3 is 4.40 Å². The van der Waals surface area contributed by atoms with Crippen LogP contribution in [0.15, 0.2) is 48.9 Å². The molecule has 0 aliphatic rings. The summed E-state index contributed by atoms with van der Waals surface area (Å²) in [6, 6.07) is 11.8. The SMILES string of the molecule is N#Cc1cn2ccnc2c(-c2ccccc2)n1. The Balaban J connectivity index is 2.35. The molecule has 0 saturated carbocycles. The molecule has 0 saturated heterocycles. The van der Waals surface area contributed by atoms with E-state index in [1.54, 1.807) is 12.4 Å². The van der Waals surface area contributed by atoms with Crippen molar-refractivity contribution in [2.75, 3.05) is 0 Å². The summed E-state index contributed by atoms with van der Waals surface area (Å²) in [5, 5.41) is 8.96. The van der Waals surface area contributed by atoms with Crippen molar-refractivity contribution in [3.8, 4) is 17.3 Å². The number of rotatable bonds is 1. The van der Waals surface area contributed by atoms with Crippen LogP contribution < -0.4 is 0 Å². The molecule has 0 radical (unpaired) electrons. The lowest BCUT2D eigenvalue weighted by Gasteiger charge is -2.03. The zero-order chi connectivity index (χ0) is 11.7. The van der Waals surface area contributed by atoms with Crippen molar-refractivity contribution >= 4 is 5.65 Å². The van der Waals surface area contributed by atoms with Gasteiger partial charge in [0.1, 0.15) is 11.8 Å². The number of hydrogen-bond donors (Lipinski definition) is 0. The van der Waals surface area contributed by atoms with Crippen molar-refractivity contribution in [3.63, 3.8) is 0 Å². The van der Waals surface area contributed by atoms with Gasteiger partial charge in [0.05, 0.1) is 0 Å². The molecule has 1 aromatic carbocycles. The van der Waals surface area contributed by atoms with Gasteiger partial charge in [-0.3, -0.25) is 0 Å². The highest BCUT2D eigenvalue weighted by Gasteiger charge is 2.08. The second kappa shape index (κ2) is 3.72. The van der Waals surface area contributed by atoms with Crippen LogP contribution in [0.3, 0.4) is 0 Å². The number of hydrogen-bond acceptors (Lipinski definition) is 3. The molecule has 2 heterocycles. The first-order chi connectivity index (χ1) is 8.38. The smallest absolute Gasteiger partial charge is 0.163 e. The number of fused-ring (bicyclic) bond motifs is 1. The van der Waals surface area contributed by atoms with E-state index < -0.39 is 0 Å². The Bertz CT molecular complexity index is 707. The monoisotopic (exact) mass is 220 g/mol. The average molecular weight is 220 g/mol. The fourth-order valence-corrected chi connectivity index (χ4v) is 1.78. The average Bonchev–Trinajstić information content (AvgIpc) is 2.86. The van der Waals surface area contributed by atoms with Crippen molar-refractivity contribution in [2.45, 2.75) is 0 Å². The molecule has 0 aliphatic heterocycles. The fraction of sp³-hybridized carbons (Fsp3) is 0. The first kappa shape index (κ1) is 9.55. The number of nitriles is 1. The zero-order valence-electron chi connectivity index (χ0n) is 8.91. The summed E-state index contributed by atoms with van der Waals surface area (Å²) in [7, 11) is 0. The third-order valence-corrected chi connectivity index (χ3v) is 2.54. The van der Waals surface area contributed by atoms with E-state index in [9.17, 15) is 0 Å². The molecule has 3 aromatic rings. The Morgan fingerprint density at radius 2 is 2.00 bits per heavy atom. The van der Waals surface area contributed by atoms with Gasteiger partial charge in [0.15, 0.2) is 11.3 Å². The zero-order valence-corrected chi connectivity index (χ0v) is 8.91. The molecule has 4 heteroatoms. The first-order valence-electron chi connectivity index (χ1n) is 5.18. The summed E-state index contributed by atoms with van der Waals surface area (Å²) in [6.07, 6.45) is 5.18. The predicted molar refractivity (Wildman–Crippen MR) is 63.1 cm³/mol. The minimum atomic E-state index is 0.384. The van der Waals surface area contributed by atoms with Crippen LogP contribution in [-0.2, 0) is 0 Å². The Hall–Kier alpha value is -2.67. The van der Waals surface area contributed by atoms with Crippen LogP contribution >= 0.6 is 0 Å². The van der Waals surface area contributed by atoms with Crippen LogP contribution in [0.1, 0.15) is 5.69 Å². The second-order valence-corrected chi connectivity index (χ2v) is 3.61. The van der Waals surface area contributed by atoms with E-state index in [1.807, 2.05) is 40.9 Å². The van der Waals surface area contributed by atoms with Crippen molar-refractivity contribution in [3.05, 3.63) is 54.6 Å². The molecule has 0 amide bonds. The molecule has 0 spiro atoms. The van der Waals surface area contributed by atoms with E-state index in [1.165, 1.54) is 0 Å². The maximum Gasteiger partial charge on any atom is 0.163 e. The minimum Gasteiger partial charge on any atom is -0.302 e. The normalized spacial score (nSPS) is 10.3. The number of aromatic nitrogens is 3.